The lowest BCUT2D eigenvalue weighted by molar-refractivity contribution is 0.602. The highest BCUT2D eigenvalue weighted by atomic mass is 32.2. The summed E-state index contributed by atoms with van der Waals surface area (Å²) < 4.78 is 26.3. The first-order chi connectivity index (χ1) is 8.93. The molecule has 0 bridgehead atoms. The van der Waals surface area contributed by atoms with E-state index in [0.717, 1.165) is 18.4 Å². The molecule has 2 unspecified atom stereocenters. The molecule has 1 N–H and O–H groups in total. The average molecular weight is 296 g/mol. The van der Waals surface area contributed by atoms with Gasteiger partial charge in [-0.05, 0) is 36.7 Å². The number of para-hydroxylation sites is 1. The van der Waals surface area contributed by atoms with E-state index in [-0.39, 0.29) is 0 Å². The van der Waals surface area contributed by atoms with E-state index in [9.17, 15) is 8.42 Å². The molecule has 1 aliphatic rings. The molecule has 1 aromatic carbocycles. The average Bonchev–Trinajstić information content (AvgIpc) is 3.02. The maximum absolute atomic E-state index is 11.8. The van der Waals surface area contributed by atoms with E-state index in [0.29, 0.717) is 27.1 Å². The summed E-state index contributed by atoms with van der Waals surface area (Å²) in [5, 5.41) is 0. The van der Waals surface area contributed by atoms with E-state index in [1.807, 2.05) is 6.07 Å². The fourth-order valence-corrected chi connectivity index (χ4v) is 3.94. The van der Waals surface area contributed by atoms with Crippen molar-refractivity contribution in [2.45, 2.75) is 30.7 Å². The van der Waals surface area contributed by atoms with Crippen molar-refractivity contribution in [1.82, 2.24) is 9.55 Å². The number of aromatic amines is 1. The van der Waals surface area contributed by atoms with E-state index in [4.69, 9.17) is 12.2 Å². The molecule has 3 rings (SSSR count). The summed E-state index contributed by atoms with van der Waals surface area (Å²) in [5.41, 5.74) is 1.53. The van der Waals surface area contributed by atoms with Gasteiger partial charge in [0.05, 0.1) is 15.9 Å². The zero-order valence-corrected chi connectivity index (χ0v) is 12.5. The molecule has 1 aromatic heterocycles. The van der Waals surface area contributed by atoms with Gasteiger partial charge in [0.15, 0.2) is 14.6 Å². The van der Waals surface area contributed by atoms with Crippen LogP contribution < -0.4 is 0 Å². The standard InChI is InChI=1S/C13H16N2O2S2/c1-3-8-7-10(8)15-9-5-4-6-11(19(2,16)17)12(9)14-13(15)18/h4-6,8,10H,3,7H2,1-2H3,(H,14,18). The monoisotopic (exact) mass is 296 g/mol. The number of aromatic nitrogens is 2. The highest BCUT2D eigenvalue weighted by molar-refractivity contribution is 7.91. The molecule has 1 aliphatic carbocycles. The summed E-state index contributed by atoms with van der Waals surface area (Å²) in [6.45, 7) is 2.17. The normalized spacial score (nSPS) is 22.8. The minimum absolute atomic E-state index is 0.323. The first-order valence-electron chi connectivity index (χ1n) is 6.36. The molecule has 0 amide bonds. The molecule has 0 radical (unpaired) electrons. The summed E-state index contributed by atoms with van der Waals surface area (Å²) in [6.07, 6.45) is 3.48. The van der Waals surface area contributed by atoms with Crippen LogP contribution in [0.4, 0.5) is 0 Å². The quantitative estimate of drug-likeness (QED) is 0.886. The molecule has 1 heterocycles. The zero-order valence-electron chi connectivity index (χ0n) is 10.9. The SMILES string of the molecule is CCC1CC1n1c(=S)[nH]c2c(S(C)(=O)=O)cccc21. The predicted octanol–water partition coefficient (Wildman–Crippen LogP) is 3.07. The van der Waals surface area contributed by atoms with Crippen molar-refractivity contribution in [3.8, 4) is 0 Å². The molecule has 102 valence electrons. The van der Waals surface area contributed by atoms with Crippen molar-refractivity contribution in [2.24, 2.45) is 5.92 Å². The van der Waals surface area contributed by atoms with Crippen LogP contribution in [0.2, 0.25) is 0 Å². The maximum atomic E-state index is 11.8. The van der Waals surface area contributed by atoms with Crippen LogP contribution in [0.3, 0.4) is 0 Å². The highest BCUT2D eigenvalue weighted by Gasteiger charge is 2.38. The number of rotatable bonds is 3. The second-order valence-electron chi connectivity index (χ2n) is 5.19. The molecule has 4 nitrogen and oxygen atoms in total. The molecule has 1 saturated carbocycles. The third-order valence-electron chi connectivity index (χ3n) is 3.86. The van der Waals surface area contributed by atoms with Crippen LogP contribution in [0.15, 0.2) is 23.1 Å². The van der Waals surface area contributed by atoms with Gasteiger partial charge < -0.3 is 9.55 Å². The van der Waals surface area contributed by atoms with Gasteiger partial charge in [-0.3, -0.25) is 0 Å². The summed E-state index contributed by atoms with van der Waals surface area (Å²) in [4.78, 5) is 3.39. The molecule has 2 atom stereocenters. The van der Waals surface area contributed by atoms with Crippen molar-refractivity contribution >= 4 is 33.1 Å². The third-order valence-corrected chi connectivity index (χ3v) is 5.29. The number of benzene rings is 1. The Kier molecular flexibility index (Phi) is 2.83. The Bertz CT molecular complexity index is 802. The lowest BCUT2D eigenvalue weighted by atomic mass is 10.3. The minimum atomic E-state index is -3.25. The molecule has 2 aromatic rings. The number of nitrogens with one attached hydrogen (secondary N) is 1. The van der Waals surface area contributed by atoms with Gasteiger partial charge in [-0.25, -0.2) is 8.42 Å². The van der Waals surface area contributed by atoms with Crippen molar-refractivity contribution in [3.63, 3.8) is 0 Å². The second-order valence-corrected chi connectivity index (χ2v) is 7.56. The smallest absolute Gasteiger partial charge is 0.178 e. The van der Waals surface area contributed by atoms with Gasteiger partial charge in [0.25, 0.3) is 0 Å². The topological polar surface area (TPSA) is 54.9 Å². The molecule has 19 heavy (non-hydrogen) atoms. The van der Waals surface area contributed by atoms with Crippen LogP contribution in [0.5, 0.6) is 0 Å². The van der Waals surface area contributed by atoms with Crippen LogP contribution in [-0.4, -0.2) is 24.2 Å². The lowest BCUT2D eigenvalue weighted by Gasteiger charge is -2.04. The number of sulfone groups is 1. The number of hydrogen-bond acceptors (Lipinski definition) is 3. The molecular formula is C13H16N2O2S2. The van der Waals surface area contributed by atoms with Gasteiger partial charge in [-0.1, -0.05) is 19.4 Å². The molecule has 6 heteroatoms. The Labute approximate surface area is 117 Å². The Balaban J connectivity index is 2.27. The first kappa shape index (κ1) is 12.9. The Morgan fingerprint density at radius 2 is 2.21 bits per heavy atom. The molecule has 1 fully saturated rings. The van der Waals surface area contributed by atoms with Crippen molar-refractivity contribution < 1.29 is 8.42 Å². The van der Waals surface area contributed by atoms with Gasteiger partial charge in [0.1, 0.15) is 0 Å². The number of hydrogen-bond donors (Lipinski definition) is 1. The van der Waals surface area contributed by atoms with E-state index >= 15 is 0 Å². The maximum Gasteiger partial charge on any atom is 0.178 e. The summed E-state index contributed by atoms with van der Waals surface area (Å²) in [7, 11) is -3.25. The highest BCUT2D eigenvalue weighted by Crippen LogP contribution is 2.47. The van der Waals surface area contributed by atoms with Gasteiger partial charge >= 0.3 is 0 Å². The van der Waals surface area contributed by atoms with E-state index < -0.39 is 9.84 Å². The summed E-state index contributed by atoms with van der Waals surface area (Å²) >= 11 is 5.37. The van der Waals surface area contributed by atoms with Gasteiger partial charge in [-0.15, -0.1) is 0 Å². The van der Waals surface area contributed by atoms with Crippen LogP contribution in [0.1, 0.15) is 25.8 Å². The predicted molar refractivity (Wildman–Crippen MR) is 77.7 cm³/mol. The Morgan fingerprint density at radius 1 is 1.47 bits per heavy atom. The summed E-state index contributed by atoms with van der Waals surface area (Å²) in [6, 6.07) is 5.75. The molecule has 0 spiro atoms. The number of fused-ring (bicyclic) bond motifs is 1. The molecule has 0 aliphatic heterocycles. The number of imidazole rings is 1. The van der Waals surface area contributed by atoms with E-state index in [1.54, 1.807) is 12.1 Å². The van der Waals surface area contributed by atoms with Crippen LogP contribution >= 0.6 is 12.2 Å². The van der Waals surface area contributed by atoms with E-state index in [2.05, 4.69) is 16.5 Å². The molecular weight excluding hydrogens is 280 g/mol. The molecule has 0 saturated heterocycles. The van der Waals surface area contributed by atoms with Gasteiger partial charge in [-0.2, -0.15) is 0 Å². The Morgan fingerprint density at radius 3 is 2.79 bits per heavy atom. The first-order valence-corrected chi connectivity index (χ1v) is 8.66. The Hall–Kier alpha value is -1.14. The third kappa shape index (κ3) is 2.03. The second kappa shape index (κ2) is 4.18. The van der Waals surface area contributed by atoms with Crippen LogP contribution in [0, 0.1) is 10.7 Å². The number of nitrogens with zero attached hydrogens (tertiary/aromatic N) is 1. The van der Waals surface area contributed by atoms with Crippen molar-refractivity contribution in [1.29, 1.82) is 0 Å². The minimum Gasteiger partial charge on any atom is -0.329 e. The van der Waals surface area contributed by atoms with Crippen molar-refractivity contribution in [2.75, 3.05) is 6.26 Å². The summed E-state index contributed by atoms with van der Waals surface area (Å²) in [5.74, 6) is 0.660. The van der Waals surface area contributed by atoms with Gasteiger partial charge in [0.2, 0.25) is 0 Å². The number of H-pyrrole nitrogens is 1. The fraction of sp³-hybridized carbons (Fsp3) is 0.462. The van der Waals surface area contributed by atoms with Crippen LogP contribution in [-0.2, 0) is 9.84 Å². The lowest BCUT2D eigenvalue weighted by Crippen LogP contribution is -1.99. The largest absolute Gasteiger partial charge is 0.329 e. The van der Waals surface area contributed by atoms with Gasteiger partial charge in [0, 0.05) is 12.3 Å². The zero-order chi connectivity index (χ0) is 13.8. The van der Waals surface area contributed by atoms with Crippen LogP contribution in [0.25, 0.3) is 11.0 Å². The van der Waals surface area contributed by atoms with E-state index in [1.165, 1.54) is 6.26 Å². The van der Waals surface area contributed by atoms with Crippen molar-refractivity contribution in [3.05, 3.63) is 23.0 Å². The fourth-order valence-electron chi connectivity index (χ4n) is 2.75.